The minimum atomic E-state index is -0.445. The third kappa shape index (κ3) is 2.63. The first-order chi connectivity index (χ1) is 8.71. The molecule has 1 aliphatic carbocycles. The topological polar surface area (TPSA) is 65.3 Å². The Morgan fingerprint density at radius 2 is 2.44 bits per heavy atom. The van der Waals surface area contributed by atoms with Crippen LogP contribution < -0.4 is 10.1 Å². The van der Waals surface area contributed by atoms with E-state index in [4.69, 9.17) is 9.84 Å². The highest BCUT2D eigenvalue weighted by Gasteiger charge is 2.39. The molecule has 0 heterocycles. The number of nitrogens with zero attached hydrogens (tertiary/aromatic N) is 1. The van der Waals surface area contributed by atoms with Crippen molar-refractivity contribution in [3.05, 3.63) is 29.8 Å². The number of nitriles is 1. The quantitative estimate of drug-likeness (QED) is 0.846. The second-order valence-corrected chi connectivity index (χ2v) is 4.73. The molecule has 0 amide bonds. The van der Waals surface area contributed by atoms with Gasteiger partial charge in [-0.1, -0.05) is 12.1 Å². The van der Waals surface area contributed by atoms with Crippen LogP contribution in [0.5, 0.6) is 5.75 Å². The van der Waals surface area contributed by atoms with Gasteiger partial charge in [-0.15, -0.1) is 0 Å². The van der Waals surface area contributed by atoms with Crippen LogP contribution in [0.4, 0.5) is 0 Å². The lowest BCUT2D eigenvalue weighted by Crippen LogP contribution is -2.39. The number of ether oxygens (including phenoxy) is 1. The first-order valence-electron chi connectivity index (χ1n) is 6.18. The molecule has 4 heteroatoms. The van der Waals surface area contributed by atoms with E-state index in [1.165, 1.54) is 0 Å². The highest BCUT2D eigenvalue weighted by molar-refractivity contribution is 5.28. The van der Waals surface area contributed by atoms with Gasteiger partial charge in [0.15, 0.2) is 0 Å². The van der Waals surface area contributed by atoms with Crippen molar-refractivity contribution in [2.45, 2.75) is 37.5 Å². The van der Waals surface area contributed by atoms with Crippen molar-refractivity contribution in [1.82, 2.24) is 5.32 Å². The normalized spacial score (nSPS) is 26.8. The largest absolute Gasteiger partial charge is 0.490 e. The second-order valence-electron chi connectivity index (χ2n) is 4.73. The Balaban J connectivity index is 2.01. The van der Waals surface area contributed by atoms with Gasteiger partial charge in [-0.2, -0.15) is 5.26 Å². The monoisotopic (exact) mass is 246 g/mol. The van der Waals surface area contributed by atoms with E-state index in [2.05, 4.69) is 11.4 Å². The summed E-state index contributed by atoms with van der Waals surface area (Å²) in [4.78, 5) is 0. The molecule has 0 saturated heterocycles. The molecule has 2 rings (SSSR count). The van der Waals surface area contributed by atoms with Gasteiger partial charge in [-0.3, -0.25) is 0 Å². The minimum Gasteiger partial charge on any atom is -0.490 e. The fourth-order valence-electron chi connectivity index (χ4n) is 2.39. The van der Waals surface area contributed by atoms with E-state index in [1.807, 2.05) is 31.3 Å². The Kier molecular flexibility index (Phi) is 3.85. The zero-order chi connectivity index (χ0) is 13.0. The van der Waals surface area contributed by atoms with Gasteiger partial charge < -0.3 is 15.2 Å². The molecule has 1 saturated carbocycles. The predicted octanol–water partition coefficient (Wildman–Crippen LogP) is 1.59. The highest BCUT2D eigenvalue weighted by atomic mass is 16.5. The van der Waals surface area contributed by atoms with Crippen molar-refractivity contribution in [1.29, 1.82) is 5.26 Å². The number of aliphatic hydroxyl groups excluding tert-OH is 1. The SMILES string of the molecule is CNC1(C#N)CCC(Oc2cccc(CO)c2)C1. The zero-order valence-corrected chi connectivity index (χ0v) is 10.5. The molecule has 2 unspecified atom stereocenters. The standard InChI is InChI=1S/C14H18N2O2/c1-16-14(10-15)6-5-13(8-14)18-12-4-2-3-11(7-12)9-17/h2-4,7,13,16-17H,5-6,8-9H2,1H3. The number of benzene rings is 1. The van der Waals surface area contributed by atoms with Gasteiger partial charge in [-0.05, 0) is 37.6 Å². The van der Waals surface area contributed by atoms with E-state index >= 15 is 0 Å². The van der Waals surface area contributed by atoms with Gasteiger partial charge in [0.05, 0.1) is 12.7 Å². The van der Waals surface area contributed by atoms with Crippen molar-refractivity contribution >= 4 is 0 Å². The summed E-state index contributed by atoms with van der Waals surface area (Å²) in [5, 5.41) is 21.3. The highest BCUT2D eigenvalue weighted by Crippen LogP contribution is 2.32. The number of rotatable bonds is 4. The minimum absolute atomic E-state index is 0.0144. The summed E-state index contributed by atoms with van der Waals surface area (Å²) < 4.78 is 5.87. The average molecular weight is 246 g/mol. The van der Waals surface area contributed by atoms with Gasteiger partial charge >= 0.3 is 0 Å². The average Bonchev–Trinajstić information content (AvgIpc) is 2.83. The molecule has 0 aliphatic heterocycles. The molecule has 1 aromatic carbocycles. The summed E-state index contributed by atoms with van der Waals surface area (Å²) in [5.41, 5.74) is 0.393. The van der Waals surface area contributed by atoms with E-state index in [1.54, 1.807) is 0 Å². The van der Waals surface area contributed by atoms with Crippen molar-refractivity contribution in [2.24, 2.45) is 0 Å². The zero-order valence-electron chi connectivity index (χ0n) is 10.5. The molecule has 1 fully saturated rings. The fourth-order valence-corrected chi connectivity index (χ4v) is 2.39. The van der Waals surface area contributed by atoms with Gasteiger partial charge in [0.25, 0.3) is 0 Å². The lowest BCUT2D eigenvalue weighted by molar-refractivity contribution is 0.201. The molecule has 1 aromatic rings. The number of hydrogen-bond acceptors (Lipinski definition) is 4. The molecule has 0 spiro atoms. The number of hydrogen-bond donors (Lipinski definition) is 2. The maximum atomic E-state index is 9.18. The van der Waals surface area contributed by atoms with Gasteiger partial charge in [0.1, 0.15) is 17.4 Å². The molecule has 18 heavy (non-hydrogen) atoms. The lowest BCUT2D eigenvalue weighted by atomic mass is 10.0. The molecule has 4 nitrogen and oxygen atoms in total. The third-order valence-electron chi connectivity index (χ3n) is 3.55. The van der Waals surface area contributed by atoms with Gasteiger partial charge in [0.2, 0.25) is 0 Å². The van der Waals surface area contributed by atoms with Gasteiger partial charge in [0, 0.05) is 6.42 Å². The smallest absolute Gasteiger partial charge is 0.120 e. The van der Waals surface area contributed by atoms with E-state index < -0.39 is 5.54 Å². The Bertz CT molecular complexity index is 455. The van der Waals surface area contributed by atoms with Crippen LogP contribution in [0.15, 0.2) is 24.3 Å². The maximum absolute atomic E-state index is 9.18. The van der Waals surface area contributed by atoms with Crippen molar-refractivity contribution < 1.29 is 9.84 Å². The van der Waals surface area contributed by atoms with E-state index in [-0.39, 0.29) is 12.7 Å². The predicted molar refractivity (Wildman–Crippen MR) is 68.0 cm³/mol. The van der Waals surface area contributed by atoms with Crippen molar-refractivity contribution in [2.75, 3.05) is 7.05 Å². The Hall–Kier alpha value is -1.57. The Morgan fingerprint density at radius 3 is 3.06 bits per heavy atom. The maximum Gasteiger partial charge on any atom is 0.120 e. The van der Waals surface area contributed by atoms with Crippen LogP contribution in [0.25, 0.3) is 0 Å². The molecule has 0 bridgehead atoms. The van der Waals surface area contributed by atoms with Crippen LogP contribution in [0.3, 0.4) is 0 Å². The fraction of sp³-hybridized carbons (Fsp3) is 0.500. The van der Waals surface area contributed by atoms with Crippen LogP contribution >= 0.6 is 0 Å². The third-order valence-corrected chi connectivity index (χ3v) is 3.55. The van der Waals surface area contributed by atoms with E-state index in [9.17, 15) is 5.26 Å². The number of nitrogens with one attached hydrogen (secondary N) is 1. The molecule has 1 aliphatic rings. The lowest BCUT2D eigenvalue weighted by Gasteiger charge is -2.20. The molecule has 2 atom stereocenters. The van der Waals surface area contributed by atoms with Gasteiger partial charge in [-0.25, -0.2) is 0 Å². The Labute approximate surface area is 107 Å². The molecular formula is C14H18N2O2. The first kappa shape index (κ1) is 12.9. The summed E-state index contributed by atoms with van der Waals surface area (Å²) in [6, 6.07) is 9.78. The van der Waals surface area contributed by atoms with Crippen LogP contribution in [-0.4, -0.2) is 23.8 Å². The van der Waals surface area contributed by atoms with Crippen LogP contribution in [0, 0.1) is 11.3 Å². The van der Waals surface area contributed by atoms with E-state index in [0.29, 0.717) is 6.42 Å². The summed E-state index contributed by atoms with van der Waals surface area (Å²) in [7, 11) is 1.82. The summed E-state index contributed by atoms with van der Waals surface area (Å²) >= 11 is 0. The number of aliphatic hydroxyl groups is 1. The molecule has 96 valence electrons. The van der Waals surface area contributed by atoms with E-state index in [0.717, 1.165) is 24.2 Å². The van der Waals surface area contributed by atoms with Crippen molar-refractivity contribution in [3.63, 3.8) is 0 Å². The second kappa shape index (κ2) is 5.38. The molecule has 0 radical (unpaired) electrons. The molecule has 0 aromatic heterocycles. The summed E-state index contributed by atoms with van der Waals surface area (Å²) in [6.07, 6.45) is 2.44. The Morgan fingerprint density at radius 1 is 1.61 bits per heavy atom. The summed E-state index contributed by atoms with van der Waals surface area (Å²) in [5.74, 6) is 0.761. The van der Waals surface area contributed by atoms with Crippen LogP contribution in [0.2, 0.25) is 0 Å². The van der Waals surface area contributed by atoms with Crippen LogP contribution in [-0.2, 0) is 6.61 Å². The first-order valence-corrected chi connectivity index (χ1v) is 6.18. The molecule has 2 N–H and O–H groups in total. The van der Waals surface area contributed by atoms with Crippen molar-refractivity contribution in [3.8, 4) is 11.8 Å². The molecular weight excluding hydrogens is 228 g/mol. The van der Waals surface area contributed by atoms with Crippen LogP contribution in [0.1, 0.15) is 24.8 Å². The summed E-state index contributed by atoms with van der Waals surface area (Å²) in [6.45, 7) is 0.0144.